The minimum atomic E-state index is -0.852. The molecule has 0 radical (unpaired) electrons. The number of carbonyl (C=O) groups excluding carboxylic acids is 2. The Kier molecular flexibility index (Phi) is 5.88. The van der Waals surface area contributed by atoms with Crippen LogP contribution >= 0.6 is 22.9 Å². The van der Waals surface area contributed by atoms with Gasteiger partial charge in [-0.15, -0.1) is 11.3 Å². The lowest BCUT2D eigenvalue weighted by atomic mass is 10.1. The fourth-order valence-electron chi connectivity index (χ4n) is 2.36. The number of aromatic nitrogens is 1. The van der Waals surface area contributed by atoms with Crippen LogP contribution in [0.25, 0.3) is 11.3 Å². The Balaban J connectivity index is 1.70. The highest BCUT2D eigenvalue weighted by Crippen LogP contribution is 2.33. The van der Waals surface area contributed by atoms with Gasteiger partial charge in [-0.1, -0.05) is 28.9 Å². The third kappa shape index (κ3) is 4.35. The molecule has 0 aliphatic heterocycles. The number of aryl methyl sites for hydroxylation is 1. The van der Waals surface area contributed by atoms with Gasteiger partial charge in [0.05, 0.1) is 17.1 Å². The molecule has 1 aromatic carbocycles. The lowest BCUT2D eigenvalue weighted by Gasteiger charge is -2.07. The van der Waals surface area contributed by atoms with Crippen LogP contribution in [-0.4, -0.2) is 23.6 Å². The summed E-state index contributed by atoms with van der Waals surface area (Å²) in [5.74, 6) is -1.84. The van der Waals surface area contributed by atoms with E-state index in [1.807, 2.05) is 17.5 Å². The molecule has 0 spiro atoms. The van der Waals surface area contributed by atoms with Gasteiger partial charge >= 0.3 is 5.97 Å². The maximum Gasteiger partial charge on any atom is 0.344 e. The maximum absolute atomic E-state index is 14.2. The average molecular weight is 409 g/mol. The molecule has 0 aliphatic carbocycles. The zero-order valence-corrected chi connectivity index (χ0v) is 15.7. The molecular formula is C18H14ClFN2O4S. The second-order valence-electron chi connectivity index (χ2n) is 5.49. The molecule has 0 saturated carbocycles. The lowest BCUT2D eigenvalue weighted by Crippen LogP contribution is -2.28. The monoisotopic (exact) mass is 408 g/mol. The topological polar surface area (TPSA) is 81.4 Å². The van der Waals surface area contributed by atoms with E-state index in [1.54, 1.807) is 0 Å². The van der Waals surface area contributed by atoms with Crippen LogP contribution in [0.5, 0.6) is 0 Å². The summed E-state index contributed by atoms with van der Waals surface area (Å²) in [4.78, 5) is 25.2. The Labute approximate surface area is 162 Å². The van der Waals surface area contributed by atoms with E-state index in [-0.39, 0.29) is 27.6 Å². The molecule has 140 valence electrons. The second-order valence-corrected chi connectivity index (χ2v) is 6.93. The van der Waals surface area contributed by atoms with Crippen molar-refractivity contribution in [1.29, 1.82) is 0 Å². The highest BCUT2D eigenvalue weighted by Gasteiger charge is 2.26. The zero-order valence-electron chi connectivity index (χ0n) is 14.1. The van der Waals surface area contributed by atoms with Crippen LogP contribution in [0.1, 0.15) is 21.0 Å². The van der Waals surface area contributed by atoms with E-state index in [0.717, 1.165) is 4.88 Å². The minimum Gasteiger partial charge on any atom is -0.452 e. The van der Waals surface area contributed by atoms with Crippen molar-refractivity contribution < 1.29 is 23.2 Å². The van der Waals surface area contributed by atoms with Gasteiger partial charge in [-0.2, -0.15) is 0 Å². The van der Waals surface area contributed by atoms with Crippen molar-refractivity contribution >= 4 is 34.8 Å². The number of hydrogen-bond donors (Lipinski definition) is 1. The van der Waals surface area contributed by atoms with Crippen LogP contribution in [0.2, 0.25) is 5.02 Å². The van der Waals surface area contributed by atoms with Gasteiger partial charge in [0.15, 0.2) is 6.61 Å². The van der Waals surface area contributed by atoms with E-state index in [4.69, 9.17) is 20.9 Å². The van der Waals surface area contributed by atoms with Crippen molar-refractivity contribution in [2.45, 2.75) is 13.5 Å². The molecule has 1 amide bonds. The predicted octanol–water partition coefficient (Wildman–Crippen LogP) is 3.98. The number of carbonyl (C=O) groups is 2. The highest BCUT2D eigenvalue weighted by atomic mass is 35.5. The molecule has 9 heteroatoms. The largest absolute Gasteiger partial charge is 0.452 e. The molecule has 0 unspecified atom stereocenters. The smallest absolute Gasteiger partial charge is 0.344 e. The van der Waals surface area contributed by atoms with Gasteiger partial charge < -0.3 is 14.6 Å². The molecule has 2 heterocycles. The molecule has 2 aromatic heterocycles. The van der Waals surface area contributed by atoms with E-state index in [2.05, 4.69) is 10.5 Å². The second kappa shape index (κ2) is 8.32. The third-order valence-electron chi connectivity index (χ3n) is 3.64. The molecule has 0 saturated heterocycles. The molecule has 3 aromatic rings. The number of halogens is 2. The molecule has 0 fully saturated rings. The summed E-state index contributed by atoms with van der Waals surface area (Å²) in [6.45, 7) is 1.34. The number of hydrogen-bond acceptors (Lipinski definition) is 6. The molecule has 3 rings (SSSR count). The normalized spacial score (nSPS) is 10.6. The summed E-state index contributed by atoms with van der Waals surface area (Å²) >= 11 is 7.53. The summed E-state index contributed by atoms with van der Waals surface area (Å²) in [5, 5.41) is 8.33. The van der Waals surface area contributed by atoms with Gasteiger partial charge in [0, 0.05) is 4.88 Å². The first-order chi connectivity index (χ1) is 13.0. The standard InChI is InChI=1S/C18H14ClFN2O4S/c1-10-15(17(22-26-10)16-12(19)5-2-6-13(16)20)18(24)25-9-14(23)21-8-11-4-3-7-27-11/h2-7H,8-9H2,1H3,(H,21,23). The molecule has 6 nitrogen and oxygen atoms in total. The van der Waals surface area contributed by atoms with Crippen molar-refractivity contribution in [3.8, 4) is 11.3 Å². The Bertz CT molecular complexity index is 952. The summed E-state index contributed by atoms with van der Waals surface area (Å²) in [6, 6.07) is 7.84. The number of amides is 1. The predicted molar refractivity (Wildman–Crippen MR) is 98.1 cm³/mol. The maximum atomic E-state index is 14.2. The van der Waals surface area contributed by atoms with Gasteiger partial charge in [-0.05, 0) is 30.5 Å². The van der Waals surface area contributed by atoms with Crippen LogP contribution in [0.4, 0.5) is 4.39 Å². The van der Waals surface area contributed by atoms with Gasteiger partial charge in [0.25, 0.3) is 5.91 Å². The van der Waals surface area contributed by atoms with Crippen LogP contribution in [0, 0.1) is 12.7 Å². The number of benzene rings is 1. The molecule has 0 atom stereocenters. The summed E-state index contributed by atoms with van der Waals surface area (Å²) in [5.41, 5.74) is -0.210. The van der Waals surface area contributed by atoms with Crippen molar-refractivity contribution in [1.82, 2.24) is 10.5 Å². The molecule has 27 heavy (non-hydrogen) atoms. The first-order valence-electron chi connectivity index (χ1n) is 7.84. The Hall–Kier alpha value is -2.71. The SMILES string of the molecule is Cc1onc(-c2c(F)cccc2Cl)c1C(=O)OCC(=O)NCc1cccs1. The number of rotatable bonds is 6. The minimum absolute atomic E-state index is 0.0647. The molecular weight excluding hydrogens is 395 g/mol. The van der Waals surface area contributed by atoms with E-state index < -0.39 is 24.3 Å². The van der Waals surface area contributed by atoms with E-state index >= 15 is 0 Å². The van der Waals surface area contributed by atoms with Crippen LogP contribution in [0.15, 0.2) is 40.2 Å². The summed E-state index contributed by atoms with van der Waals surface area (Å²) in [7, 11) is 0. The number of nitrogens with one attached hydrogen (secondary N) is 1. The van der Waals surface area contributed by atoms with Crippen molar-refractivity contribution in [2.75, 3.05) is 6.61 Å². The van der Waals surface area contributed by atoms with Gasteiger partial charge in [0.1, 0.15) is 22.8 Å². The third-order valence-corrected chi connectivity index (χ3v) is 4.83. The summed E-state index contributed by atoms with van der Waals surface area (Å²) in [6.07, 6.45) is 0. The molecule has 0 aliphatic rings. The number of esters is 1. The van der Waals surface area contributed by atoms with Gasteiger partial charge in [0.2, 0.25) is 0 Å². The lowest BCUT2D eigenvalue weighted by molar-refractivity contribution is -0.124. The number of ether oxygens (including phenoxy) is 1. The zero-order chi connectivity index (χ0) is 19.4. The van der Waals surface area contributed by atoms with Crippen LogP contribution in [-0.2, 0) is 16.1 Å². The van der Waals surface area contributed by atoms with Crippen molar-refractivity contribution in [2.24, 2.45) is 0 Å². The first-order valence-corrected chi connectivity index (χ1v) is 9.10. The number of thiophene rings is 1. The number of nitrogens with zero attached hydrogens (tertiary/aromatic N) is 1. The first kappa shape index (κ1) is 19.1. The van der Waals surface area contributed by atoms with E-state index in [9.17, 15) is 14.0 Å². The van der Waals surface area contributed by atoms with E-state index in [1.165, 1.54) is 36.5 Å². The molecule has 1 N–H and O–H groups in total. The van der Waals surface area contributed by atoms with Crippen molar-refractivity contribution in [3.63, 3.8) is 0 Å². The van der Waals surface area contributed by atoms with Gasteiger partial charge in [-0.3, -0.25) is 4.79 Å². The fraction of sp³-hybridized carbons (Fsp3) is 0.167. The Morgan fingerprint density at radius 2 is 2.15 bits per heavy atom. The van der Waals surface area contributed by atoms with Gasteiger partial charge in [-0.25, -0.2) is 9.18 Å². The van der Waals surface area contributed by atoms with E-state index in [0.29, 0.717) is 6.54 Å². The Morgan fingerprint density at radius 1 is 1.33 bits per heavy atom. The quantitative estimate of drug-likeness (QED) is 0.624. The van der Waals surface area contributed by atoms with Crippen molar-refractivity contribution in [3.05, 3.63) is 62.8 Å². The summed E-state index contributed by atoms with van der Waals surface area (Å²) < 4.78 is 24.2. The molecule has 0 bridgehead atoms. The highest BCUT2D eigenvalue weighted by molar-refractivity contribution is 7.09. The Morgan fingerprint density at radius 3 is 2.85 bits per heavy atom. The fourth-order valence-corrected chi connectivity index (χ4v) is 3.26. The average Bonchev–Trinajstić information content (AvgIpc) is 3.28. The van der Waals surface area contributed by atoms with Crippen LogP contribution in [0.3, 0.4) is 0 Å². The van der Waals surface area contributed by atoms with Crippen LogP contribution < -0.4 is 5.32 Å².